The molecule has 4 rings (SSSR count). The average molecular weight is 401 g/mol. The zero-order chi connectivity index (χ0) is 21.3. The van der Waals surface area contributed by atoms with Gasteiger partial charge in [0.25, 0.3) is 23.6 Å². The quantitative estimate of drug-likeness (QED) is 0.647. The second-order valence-electron chi connectivity index (χ2n) is 6.51. The third-order valence-electron chi connectivity index (χ3n) is 4.54. The van der Waals surface area contributed by atoms with Gasteiger partial charge < -0.3 is 10.6 Å². The van der Waals surface area contributed by atoms with Gasteiger partial charge in [-0.15, -0.1) is 0 Å². The predicted octanol–water partition coefficient (Wildman–Crippen LogP) is 2.21. The number of fused-ring (bicyclic) bond motifs is 1. The van der Waals surface area contributed by atoms with E-state index in [1.54, 1.807) is 18.2 Å². The minimum absolute atomic E-state index is 0.187. The maximum atomic E-state index is 12.6. The number of imide groups is 1. The van der Waals surface area contributed by atoms with Crippen LogP contribution < -0.4 is 10.6 Å². The molecule has 0 unspecified atom stereocenters. The van der Waals surface area contributed by atoms with E-state index in [0.717, 1.165) is 4.90 Å². The molecule has 0 saturated heterocycles. The molecule has 0 spiro atoms. The Hall–Kier alpha value is -4.40. The first kappa shape index (κ1) is 18.9. The Labute approximate surface area is 170 Å². The number of nitrogens with zero attached hydrogens (tertiary/aromatic N) is 3. The van der Waals surface area contributed by atoms with E-state index in [0.29, 0.717) is 17.1 Å². The third kappa shape index (κ3) is 3.51. The van der Waals surface area contributed by atoms with Crippen LogP contribution in [0.25, 0.3) is 0 Å². The molecule has 9 heteroatoms. The number of amides is 4. The van der Waals surface area contributed by atoms with Gasteiger partial charge in [0, 0.05) is 36.3 Å². The maximum absolute atomic E-state index is 12.6. The summed E-state index contributed by atoms with van der Waals surface area (Å²) in [6.45, 7) is 0. The number of hydrogen-bond donors (Lipinski definition) is 2. The molecule has 30 heavy (non-hydrogen) atoms. The Morgan fingerprint density at radius 1 is 0.867 bits per heavy atom. The number of aromatic nitrogens is 2. The molecule has 2 aromatic carbocycles. The molecule has 1 aromatic heterocycles. The van der Waals surface area contributed by atoms with Gasteiger partial charge in [0.2, 0.25) is 0 Å². The molecule has 0 saturated carbocycles. The zero-order valence-corrected chi connectivity index (χ0v) is 15.7. The molecule has 9 nitrogen and oxygen atoms in total. The summed E-state index contributed by atoms with van der Waals surface area (Å²) in [6.07, 6.45) is 4.37. The van der Waals surface area contributed by atoms with Crippen molar-refractivity contribution in [3.8, 4) is 0 Å². The molecule has 0 radical (unpaired) electrons. The lowest BCUT2D eigenvalue weighted by Crippen LogP contribution is -2.24. The Morgan fingerprint density at radius 3 is 2.37 bits per heavy atom. The fraction of sp³-hybridized carbons (Fsp3) is 0.0476. The zero-order valence-electron chi connectivity index (χ0n) is 15.7. The lowest BCUT2D eigenvalue weighted by atomic mass is 10.1. The van der Waals surface area contributed by atoms with E-state index >= 15 is 0 Å². The number of nitrogens with one attached hydrogen (secondary N) is 2. The summed E-state index contributed by atoms with van der Waals surface area (Å²) in [6, 6.07) is 10.7. The van der Waals surface area contributed by atoms with Crippen molar-refractivity contribution in [2.75, 3.05) is 17.7 Å². The van der Waals surface area contributed by atoms with Gasteiger partial charge in [0.05, 0.1) is 17.3 Å². The number of rotatable bonds is 4. The molecule has 148 valence electrons. The van der Waals surface area contributed by atoms with Crippen LogP contribution in [0.5, 0.6) is 0 Å². The Morgan fingerprint density at radius 2 is 1.60 bits per heavy atom. The molecule has 0 bridgehead atoms. The van der Waals surface area contributed by atoms with Crippen LogP contribution >= 0.6 is 0 Å². The second kappa shape index (κ2) is 7.55. The van der Waals surface area contributed by atoms with E-state index in [1.165, 1.54) is 49.9 Å². The van der Waals surface area contributed by atoms with Gasteiger partial charge in [-0.05, 0) is 36.4 Å². The number of anilines is 2. The number of hydrogen-bond acceptors (Lipinski definition) is 6. The van der Waals surface area contributed by atoms with Crippen molar-refractivity contribution >= 4 is 35.1 Å². The highest BCUT2D eigenvalue weighted by Crippen LogP contribution is 2.23. The highest BCUT2D eigenvalue weighted by molar-refractivity contribution is 6.22. The van der Waals surface area contributed by atoms with Crippen molar-refractivity contribution in [3.63, 3.8) is 0 Å². The first-order valence-corrected chi connectivity index (χ1v) is 8.89. The Balaban J connectivity index is 1.51. The average Bonchev–Trinajstić information content (AvgIpc) is 2.98. The van der Waals surface area contributed by atoms with Crippen molar-refractivity contribution in [3.05, 3.63) is 83.3 Å². The van der Waals surface area contributed by atoms with Crippen LogP contribution in [-0.2, 0) is 0 Å². The topological polar surface area (TPSA) is 121 Å². The van der Waals surface area contributed by atoms with Crippen molar-refractivity contribution < 1.29 is 19.2 Å². The summed E-state index contributed by atoms with van der Waals surface area (Å²) in [5.74, 6) is -1.43. The summed E-state index contributed by atoms with van der Waals surface area (Å²) in [7, 11) is 1.39. The van der Waals surface area contributed by atoms with Crippen LogP contribution in [0, 0.1) is 0 Å². The number of benzene rings is 2. The van der Waals surface area contributed by atoms with Gasteiger partial charge in [-0.2, -0.15) is 0 Å². The molecule has 0 atom stereocenters. The van der Waals surface area contributed by atoms with Gasteiger partial charge >= 0.3 is 0 Å². The van der Waals surface area contributed by atoms with Crippen LogP contribution in [-0.4, -0.2) is 45.5 Å². The molecular formula is C21H15N5O4. The van der Waals surface area contributed by atoms with Crippen LogP contribution in [0.3, 0.4) is 0 Å². The second-order valence-corrected chi connectivity index (χ2v) is 6.51. The molecular weight excluding hydrogens is 386 g/mol. The SMILES string of the molecule is CN1C(=O)c2ccc(C(=O)Nc3cccc(C(=O)Nc4cnccn4)c3)cc2C1=O. The summed E-state index contributed by atoms with van der Waals surface area (Å²) in [5.41, 5.74) is 1.38. The Bertz CT molecular complexity index is 1190. The van der Waals surface area contributed by atoms with Gasteiger partial charge in [-0.1, -0.05) is 6.07 Å². The minimum Gasteiger partial charge on any atom is -0.322 e. The predicted molar refractivity (Wildman–Crippen MR) is 107 cm³/mol. The lowest BCUT2D eigenvalue weighted by molar-refractivity contribution is 0.0692. The van der Waals surface area contributed by atoms with E-state index in [-0.39, 0.29) is 16.7 Å². The van der Waals surface area contributed by atoms with Gasteiger partial charge in [-0.25, -0.2) is 4.98 Å². The third-order valence-corrected chi connectivity index (χ3v) is 4.54. The fourth-order valence-corrected chi connectivity index (χ4v) is 3.00. The van der Waals surface area contributed by atoms with Gasteiger partial charge in [0.1, 0.15) is 0 Å². The number of carbonyl (C=O) groups excluding carboxylic acids is 4. The van der Waals surface area contributed by atoms with E-state index in [4.69, 9.17) is 0 Å². The van der Waals surface area contributed by atoms with Gasteiger partial charge in [-0.3, -0.25) is 29.1 Å². The first-order chi connectivity index (χ1) is 14.4. The van der Waals surface area contributed by atoms with Crippen molar-refractivity contribution in [2.24, 2.45) is 0 Å². The van der Waals surface area contributed by atoms with E-state index in [2.05, 4.69) is 20.6 Å². The van der Waals surface area contributed by atoms with Crippen molar-refractivity contribution in [2.45, 2.75) is 0 Å². The molecule has 4 amide bonds. The summed E-state index contributed by atoms with van der Waals surface area (Å²) in [5, 5.41) is 5.30. The van der Waals surface area contributed by atoms with Crippen LogP contribution in [0.2, 0.25) is 0 Å². The lowest BCUT2D eigenvalue weighted by Gasteiger charge is -2.08. The smallest absolute Gasteiger partial charge is 0.261 e. The van der Waals surface area contributed by atoms with E-state index < -0.39 is 23.6 Å². The largest absolute Gasteiger partial charge is 0.322 e. The molecule has 2 heterocycles. The van der Waals surface area contributed by atoms with E-state index in [9.17, 15) is 19.2 Å². The normalized spacial score (nSPS) is 12.5. The monoisotopic (exact) mass is 401 g/mol. The molecule has 1 aliphatic heterocycles. The maximum Gasteiger partial charge on any atom is 0.261 e. The first-order valence-electron chi connectivity index (χ1n) is 8.89. The van der Waals surface area contributed by atoms with Crippen molar-refractivity contribution in [1.29, 1.82) is 0 Å². The van der Waals surface area contributed by atoms with Crippen LogP contribution in [0.4, 0.5) is 11.5 Å². The highest BCUT2D eigenvalue weighted by Gasteiger charge is 2.33. The van der Waals surface area contributed by atoms with E-state index in [1.807, 2.05) is 0 Å². The highest BCUT2D eigenvalue weighted by atomic mass is 16.2. The molecule has 3 aromatic rings. The molecule has 0 aliphatic carbocycles. The van der Waals surface area contributed by atoms with Crippen LogP contribution in [0.1, 0.15) is 41.4 Å². The fourth-order valence-electron chi connectivity index (χ4n) is 3.00. The van der Waals surface area contributed by atoms with Crippen LogP contribution in [0.15, 0.2) is 61.1 Å². The summed E-state index contributed by atoms with van der Waals surface area (Å²) in [4.78, 5) is 58.0. The Kier molecular flexibility index (Phi) is 4.77. The number of carbonyl (C=O) groups is 4. The summed E-state index contributed by atoms with van der Waals surface area (Å²) < 4.78 is 0. The molecule has 2 N–H and O–H groups in total. The molecule has 0 fully saturated rings. The standard InChI is InChI=1S/C21H15N5O4/c1-26-20(29)15-6-5-13(10-16(15)21(26)30)18(27)24-14-4-2-3-12(9-14)19(28)25-17-11-22-7-8-23-17/h2-11H,1H3,(H,24,27)(H,23,25,28). The van der Waals surface area contributed by atoms with Gasteiger partial charge in [0.15, 0.2) is 5.82 Å². The van der Waals surface area contributed by atoms with Crippen molar-refractivity contribution in [1.82, 2.24) is 14.9 Å². The summed E-state index contributed by atoms with van der Waals surface area (Å²) >= 11 is 0. The minimum atomic E-state index is -0.473. The molecule has 1 aliphatic rings.